The van der Waals surface area contributed by atoms with Gasteiger partial charge in [0.2, 0.25) is 0 Å². The van der Waals surface area contributed by atoms with Gasteiger partial charge in [-0.15, -0.1) is 0 Å². The molecule has 3 atom stereocenters. The van der Waals surface area contributed by atoms with E-state index in [1.807, 2.05) is 0 Å². The Labute approximate surface area is 85.0 Å². The quantitative estimate of drug-likeness (QED) is 0.598. The van der Waals surface area contributed by atoms with Gasteiger partial charge in [-0.2, -0.15) is 0 Å². The fraction of sp³-hybridized carbons (Fsp3) is 0.750. The summed E-state index contributed by atoms with van der Waals surface area (Å²) in [5.41, 5.74) is 0.0257. The molecule has 1 fully saturated rings. The van der Waals surface area contributed by atoms with Crippen LogP contribution < -0.4 is 0 Å². The van der Waals surface area contributed by atoms with Gasteiger partial charge in [0.1, 0.15) is 6.10 Å². The van der Waals surface area contributed by atoms with E-state index < -0.39 is 6.10 Å². The lowest BCUT2D eigenvalue weighted by Crippen LogP contribution is -2.46. The molecule has 2 nitrogen and oxygen atoms in total. The van der Waals surface area contributed by atoms with Crippen LogP contribution in [0.2, 0.25) is 0 Å². The maximum absolute atomic E-state index is 11.9. The topological polar surface area (TPSA) is 37.3 Å². The highest BCUT2D eigenvalue weighted by Gasteiger charge is 2.45. The summed E-state index contributed by atoms with van der Waals surface area (Å²) in [5.74, 6) is 0.474. The van der Waals surface area contributed by atoms with Crippen molar-refractivity contribution in [3.8, 4) is 0 Å². The van der Waals surface area contributed by atoms with Gasteiger partial charge in [0.25, 0.3) is 0 Å². The molecule has 0 heterocycles. The first-order valence-electron chi connectivity index (χ1n) is 5.41. The average Bonchev–Trinajstić information content (AvgIpc) is 2.10. The van der Waals surface area contributed by atoms with E-state index in [9.17, 15) is 9.90 Å². The number of ketones is 1. The van der Waals surface area contributed by atoms with Crippen LogP contribution in [0.5, 0.6) is 0 Å². The normalized spacial score (nSPS) is 40.8. The number of rotatable bonds is 0. The molecule has 2 heteroatoms. The molecule has 1 N–H and O–H groups in total. The molecule has 0 aromatic carbocycles. The number of carbonyl (C=O) groups is 1. The van der Waals surface area contributed by atoms with Crippen LogP contribution in [0.15, 0.2) is 12.2 Å². The molecule has 0 bridgehead atoms. The van der Waals surface area contributed by atoms with Crippen LogP contribution in [0.1, 0.15) is 33.1 Å². The van der Waals surface area contributed by atoms with Crippen LogP contribution >= 0.6 is 0 Å². The van der Waals surface area contributed by atoms with Crippen molar-refractivity contribution in [2.24, 2.45) is 17.3 Å². The van der Waals surface area contributed by atoms with Crippen molar-refractivity contribution < 1.29 is 9.90 Å². The molecule has 78 valence electrons. The molecule has 0 amide bonds. The van der Waals surface area contributed by atoms with Crippen LogP contribution in [0.4, 0.5) is 0 Å². The Morgan fingerprint density at radius 3 is 2.86 bits per heavy atom. The summed E-state index contributed by atoms with van der Waals surface area (Å²) in [6, 6.07) is 0. The van der Waals surface area contributed by atoms with Gasteiger partial charge in [0.05, 0.1) is 0 Å². The third-order valence-corrected chi connectivity index (χ3v) is 3.71. The van der Waals surface area contributed by atoms with Gasteiger partial charge in [-0.05, 0) is 30.6 Å². The van der Waals surface area contributed by atoms with Gasteiger partial charge >= 0.3 is 0 Å². The molecule has 0 aromatic heterocycles. The Morgan fingerprint density at radius 2 is 2.14 bits per heavy atom. The minimum absolute atomic E-state index is 0.0257. The Kier molecular flexibility index (Phi) is 2.26. The molecular weight excluding hydrogens is 176 g/mol. The average molecular weight is 194 g/mol. The number of aliphatic hydroxyl groups is 1. The standard InChI is InChI=1S/C12H18O2/c1-12(2)7-3-4-8-5-6-9(13)11(14)10(8)12/h3-4,8-10,13H,5-7H2,1-2H3/t8-,9+,10-/m0/s1. The van der Waals surface area contributed by atoms with Crippen molar-refractivity contribution in [2.75, 3.05) is 0 Å². The van der Waals surface area contributed by atoms with Gasteiger partial charge in [-0.1, -0.05) is 26.0 Å². The highest BCUT2D eigenvalue weighted by Crippen LogP contribution is 2.45. The smallest absolute Gasteiger partial charge is 0.165 e. The van der Waals surface area contributed by atoms with Crippen molar-refractivity contribution in [2.45, 2.75) is 39.2 Å². The minimum atomic E-state index is -0.706. The van der Waals surface area contributed by atoms with E-state index in [2.05, 4.69) is 26.0 Å². The van der Waals surface area contributed by atoms with E-state index in [1.165, 1.54) is 0 Å². The SMILES string of the molecule is CC1(C)CC=C[C@H]2CC[C@@H](O)C(=O)[C@H]21. The molecule has 0 aromatic rings. The second-order valence-electron chi connectivity index (χ2n) is 5.26. The summed E-state index contributed by atoms with van der Waals surface area (Å²) in [6.07, 6.45) is 6.19. The summed E-state index contributed by atoms with van der Waals surface area (Å²) in [4.78, 5) is 11.9. The molecule has 2 aliphatic carbocycles. The lowest BCUT2D eigenvalue weighted by molar-refractivity contribution is -0.141. The molecule has 1 saturated carbocycles. The van der Waals surface area contributed by atoms with Crippen molar-refractivity contribution in [1.29, 1.82) is 0 Å². The Bertz CT molecular complexity index is 278. The van der Waals surface area contributed by atoms with E-state index in [0.717, 1.165) is 12.8 Å². The summed E-state index contributed by atoms with van der Waals surface area (Å²) in [7, 11) is 0. The minimum Gasteiger partial charge on any atom is -0.385 e. The van der Waals surface area contributed by atoms with E-state index in [0.29, 0.717) is 12.3 Å². The van der Waals surface area contributed by atoms with E-state index >= 15 is 0 Å². The van der Waals surface area contributed by atoms with Crippen LogP contribution in [0.3, 0.4) is 0 Å². The number of hydrogen-bond acceptors (Lipinski definition) is 2. The van der Waals surface area contributed by atoms with E-state index in [1.54, 1.807) is 0 Å². The Morgan fingerprint density at radius 1 is 1.43 bits per heavy atom. The number of fused-ring (bicyclic) bond motifs is 1. The maximum atomic E-state index is 11.9. The molecule has 0 spiro atoms. The largest absolute Gasteiger partial charge is 0.385 e. The molecule has 2 rings (SSSR count). The molecule has 2 aliphatic rings. The van der Waals surface area contributed by atoms with Crippen LogP contribution in [0, 0.1) is 17.3 Å². The molecule has 0 unspecified atom stereocenters. The van der Waals surface area contributed by atoms with E-state index in [4.69, 9.17) is 0 Å². The van der Waals surface area contributed by atoms with Crippen molar-refractivity contribution >= 4 is 5.78 Å². The first-order chi connectivity index (χ1) is 6.52. The van der Waals surface area contributed by atoms with Gasteiger partial charge in [0, 0.05) is 5.92 Å². The van der Waals surface area contributed by atoms with Crippen molar-refractivity contribution in [3.05, 3.63) is 12.2 Å². The summed E-state index contributed by atoms with van der Waals surface area (Å²) < 4.78 is 0. The number of aliphatic hydroxyl groups excluding tert-OH is 1. The van der Waals surface area contributed by atoms with Crippen molar-refractivity contribution in [1.82, 2.24) is 0 Å². The summed E-state index contributed by atoms with van der Waals surface area (Å²) in [6.45, 7) is 4.26. The van der Waals surface area contributed by atoms with Crippen molar-refractivity contribution in [3.63, 3.8) is 0 Å². The number of Topliss-reactive ketones (excluding diaryl/α,β-unsaturated/α-hetero) is 1. The lowest BCUT2D eigenvalue weighted by atomic mass is 9.60. The fourth-order valence-corrected chi connectivity index (χ4v) is 2.92. The first-order valence-corrected chi connectivity index (χ1v) is 5.41. The second-order valence-corrected chi connectivity index (χ2v) is 5.26. The highest BCUT2D eigenvalue weighted by molar-refractivity contribution is 5.87. The second kappa shape index (κ2) is 3.20. The van der Waals surface area contributed by atoms with Gasteiger partial charge in [-0.3, -0.25) is 4.79 Å². The monoisotopic (exact) mass is 194 g/mol. The number of allylic oxidation sites excluding steroid dienone is 2. The maximum Gasteiger partial charge on any atom is 0.165 e. The molecule has 0 aliphatic heterocycles. The summed E-state index contributed by atoms with van der Waals surface area (Å²) in [5, 5.41) is 9.58. The van der Waals surface area contributed by atoms with Gasteiger partial charge < -0.3 is 5.11 Å². The molecule has 0 saturated heterocycles. The fourth-order valence-electron chi connectivity index (χ4n) is 2.92. The zero-order chi connectivity index (χ0) is 10.3. The van der Waals surface area contributed by atoms with Gasteiger partial charge in [0.15, 0.2) is 5.78 Å². The first kappa shape index (κ1) is 9.91. The number of hydrogen-bond donors (Lipinski definition) is 1. The predicted molar refractivity (Wildman–Crippen MR) is 54.8 cm³/mol. The van der Waals surface area contributed by atoms with E-state index in [-0.39, 0.29) is 17.1 Å². The van der Waals surface area contributed by atoms with Crippen LogP contribution in [-0.4, -0.2) is 17.0 Å². The zero-order valence-corrected chi connectivity index (χ0v) is 8.86. The third kappa shape index (κ3) is 1.42. The predicted octanol–water partition coefficient (Wildman–Crippen LogP) is 1.93. The Balaban J connectivity index is 2.31. The third-order valence-electron chi connectivity index (χ3n) is 3.71. The van der Waals surface area contributed by atoms with Gasteiger partial charge in [-0.25, -0.2) is 0 Å². The van der Waals surface area contributed by atoms with Crippen LogP contribution in [-0.2, 0) is 4.79 Å². The highest BCUT2D eigenvalue weighted by atomic mass is 16.3. The zero-order valence-electron chi connectivity index (χ0n) is 8.86. The molecular formula is C12H18O2. The Hall–Kier alpha value is -0.630. The number of carbonyl (C=O) groups excluding carboxylic acids is 1. The molecule has 14 heavy (non-hydrogen) atoms. The lowest BCUT2D eigenvalue weighted by Gasteiger charge is -2.43. The van der Waals surface area contributed by atoms with Crippen LogP contribution in [0.25, 0.3) is 0 Å². The summed E-state index contributed by atoms with van der Waals surface area (Å²) >= 11 is 0. The molecule has 0 radical (unpaired) electrons.